The van der Waals surface area contributed by atoms with Gasteiger partial charge in [0.2, 0.25) is 11.8 Å². The van der Waals surface area contributed by atoms with E-state index >= 15 is 0 Å². The van der Waals surface area contributed by atoms with Crippen molar-refractivity contribution in [1.82, 2.24) is 10.2 Å². The molecular formula is C20H30N4O3. The Bertz CT molecular complexity index is 652. The molecule has 148 valence electrons. The fraction of sp³-hybridized carbons (Fsp3) is 0.600. The number of anilines is 1. The molecule has 3 rings (SSSR count). The van der Waals surface area contributed by atoms with Crippen LogP contribution in [-0.4, -0.2) is 62.1 Å². The number of rotatable bonds is 5. The van der Waals surface area contributed by atoms with E-state index in [0.29, 0.717) is 19.8 Å². The quantitative estimate of drug-likeness (QED) is 0.793. The highest BCUT2D eigenvalue weighted by atomic mass is 16.5. The Kier molecular flexibility index (Phi) is 6.68. The van der Waals surface area contributed by atoms with Gasteiger partial charge in [-0.3, -0.25) is 9.59 Å². The smallest absolute Gasteiger partial charge is 0.237 e. The Hall–Kier alpha value is -2.12. The van der Waals surface area contributed by atoms with E-state index < -0.39 is 6.04 Å². The van der Waals surface area contributed by atoms with Crippen LogP contribution in [0.4, 0.5) is 5.69 Å². The van der Waals surface area contributed by atoms with Crippen LogP contribution in [0, 0.1) is 5.92 Å². The molecule has 1 atom stereocenters. The predicted octanol–water partition coefficient (Wildman–Crippen LogP) is 0.725. The normalized spacial score (nSPS) is 19.6. The van der Waals surface area contributed by atoms with E-state index in [2.05, 4.69) is 16.3 Å². The maximum absolute atomic E-state index is 12.5. The molecule has 7 nitrogen and oxygen atoms in total. The maximum atomic E-state index is 12.5. The van der Waals surface area contributed by atoms with Gasteiger partial charge >= 0.3 is 0 Å². The molecule has 7 heteroatoms. The van der Waals surface area contributed by atoms with Crippen LogP contribution in [0.3, 0.4) is 0 Å². The predicted molar refractivity (Wildman–Crippen MR) is 104 cm³/mol. The number of hydrogen-bond acceptors (Lipinski definition) is 5. The number of hydrogen-bond donors (Lipinski definition) is 2. The lowest BCUT2D eigenvalue weighted by Gasteiger charge is -2.36. The van der Waals surface area contributed by atoms with Gasteiger partial charge in [-0.15, -0.1) is 0 Å². The first kappa shape index (κ1) is 19.6. The first-order chi connectivity index (χ1) is 13.1. The van der Waals surface area contributed by atoms with Crippen LogP contribution >= 0.6 is 0 Å². The van der Waals surface area contributed by atoms with Crippen LogP contribution in [0.1, 0.15) is 25.3 Å². The van der Waals surface area contributed by atoms with Crippen LogP contribution in [0.5, 0.6) is 0 Å². The zero-order valence-corrected chi connectivity index (χ0v) is 16.0. The Balaban J connectivity index is 1.58. The van der Waals surface area contributed by atoms with Gasteiger partial charge in [0.15, 0.2) is 0 Å². The number of para-hydroxylation sites is 1. The van der Waals surface area contributed by atoms with Gasteiger partial charge in [-0.05, 0) is 30.4 Å². The molecule has 2 amide bonds. The van der Waals surface area contributed by atoms with Gasteiger partial charge in [0.05, 0.1) is 6.04 Å². The molecule has 2 aliphatic rings. The molecule has 1 unspecified atom stereocenters. The third kappa shape index (κ3) is 4.99. The molecule has 1 aromatic rings. The molecule has 0 radical (unpaired) electrons. The molecule has 2 fully saturated rings. The Morgan fingerprint density at radius 2 is 1.85 bits per heavy atom. The molecule has 1 aromatic carbocycles. The van der Waals surface area contributed by atoms with Crippen molar-refractivity contribution in [2.75, 3.05) is 44.3 Å². The fourth-order valence-corrected chi connectivity index (χ4v) is 3.82. The SMILES string of the molecule is CC(=O)N1CCN(c2ccccc2CNC(=O)C(N)C2CCOCC2)CC1. The van der Waals surface area contributed by atoms with Gasteiger partial charge in [-0.2, -0.15) is 0 Å². The Morgan fingerprint density at radius 3 is 2.52 bits per heavy atom. The van der Waals surface area contributed by atoms with Gasteiger partial charge in [0.25, 0.3) is 0 Å². The van der Waals surface area contributed by atoms with Gasteiger partial charge < -0.3 is 25.6 Å². The molecule has 27 heavy (non-hydrogen) atoms. The van der Waals surface area contributed by atoms with Crippen molar-refractivity contribution in [3.63, 3.8) is 0 Å². The highest BCUT2D eigenvalue weighted by Crippen LogP contribution is 2.22. The summed E-state index contributed by atoms with van der Waals surface area (Å²) >= 11 is 0. The number of benzene rings is 1. The lowest BCUT2D eigenvalue weighted by Crippen LogP contribution is -2.49. The number of nitrogens with one attached hydrogen (secondary N) is 1. The molecule has 0 aliphatic carbocycles. The average Bonchev–Trinajstić information content (AvgIpc) is 2.72. The van der Waals surface area contributed by atoms with E-state index in [1.54, 1.807) is 6.92 Å². The zero-order valence-electron chi connectivity index (χ0n) is 16.0. The molecule has 0 aromatic heterocycles. The second-order valence-electron chi connectivity index (χ2n) is 7.32. The van der Waals surface area contributed by atoms with E-state index in [-0.39, 0.29) is 17.7 Å². The molecule has 0 spiro atoms. The van der Waals surface area contributed by atoms with Gasteiger partial charge in [-0.25, -0.2) is 0 Å². The third-order valence-corrected chi connectivity index (χ3v) is 5.59. The minimum atomic E-state index is -0.486. The van der Waals surface area contributed by atoms with E-state index in [0.717, 1.165) is 50.3 Å². The number of nitrogens with two attached hydrogens (primary N) is 1. The lowest BCUT2D eigenvalue weighted by molar-refractivity contribution is -0.129. The van der Waals surface area contributed by atoms with Crippen molar-refractivity contribution in [2.45, 2.75) is 32.4 Å². The third-order valence-electron chi connectivity index (χ3n) is 5.59. The lowest BCUT2D eigenvalue weighted by atomic mass is 9.92. The van der Waals surface area contributed by atoms with Crippen LogP contribution in [-0.2, 0) is 20.9 Å². The summed E-state index contributed by atoms with van der Waals surface area (Å²) in [5.41, 5.74) is 8.35. The minimum absolute atomic E-state index is 0.0990. The molecule has 2 saturated heterocycles. The molecule has 2 heterocycles. The average molecular weight is 374 g/mol. The number of amides is 2. The first-order valence-electron chi connectivity index (χ1n) is 9.75. The van der Waals surface area contributed by atoms with Crippen molar-refractivity contribution in [3.05, 3.63) is 29.8 Å². The summed E-state index contributed by atoms with van der Waals surface area (Å²) in [7, 11) is 0. The van der Waals surface area contributed by atoms with Crippen molar-refractivity contribution < 1.29 is 14.3 Å². The van der Waals surface area contributed by atoms with Crippen LogP contribution in [0.15, 0.2) is 24.3 Å². The largest absolute Gasteiger partial charge is 0.381 e. The fourth-order valence-electron chi connectivity index (χ4n) is 3.82. The molecule has 0 bridgehead atoms. The maximum Gasteiger partial charge on any atom is 0.237 e. The summed E-state index contributed by atoms with van der Waals surface area (Å²) < 4.78 is 5.35. The second-order valence-corrected chi connectivity index (χ2v) is 7.32. The van der Waals surface area contributed by atoms with E-state index in [1.165, 1.54) is 0 Å². The van der Waals surface area contributed by atoms with Gasteiger partial charge in [-0.1, -0.05) is 18.2 Å². The summed E-state index contributed by atoms with van der Waals surface area (Å²) in [5, 5.41) is 3.01. The van der Waals surface area contributed by atoms with Crippen LogP contribution in [0.25, 0.3) is 0 Å². The standard InChI is InChI=1S/C20H30N4O3/c1-15(25)23-8-10-24(11-9-23)18-5-3-2-4-17(18)14-22-20(26)19(21)16-6-12-27-13-7-16/h2-5,16,19H,6-14,21H2,1H3,(H,22,26). The zero-order chi connectivity index (χ0) is 19.2. The van der Waals surface area contributed by atoms with Gasteiger partial charge in [0, 0.05) is 58.5 Å². The number of nitrogens with zero attached hydrogens (tertiary/aromatic N) is 2. The summed E-state index contributed by atoms with van der Waals surface area (Å²) in [6.45, 7) is 6.48. The van der Waals surface area contributed by atoms with Crippen molar-refractivity contribution >= 4 is 17.5 Å². The van der Waals surface area contributed by atoms with Crippen molar-refractivity contribution in [3.8, 4) is 0 Å². The van der Waals surface area contributed by atoms with Gasteiger partial charge in [0.1, 0.15) is 0 Å². The van der Waals surface area contributed by atoms with Crippen LogP contribution in [0.2, 0.25) is 0 Å². The van der Waals surface area contributed by atoms with E-state index in [9.17, 15) is 9.59 Å². The summed E-state index contributed by atoms with van der Waals surface area (Å²) in [4.78, 5) is 28.2. The van der Waals surface area contributed by atoms with E-state index in [1.807, 2.05) is 23.1 Å². The molecule has 2 aliphatic heterocycles. The highest BCUT2D eigenvalue weighted by Gasteiger charge is 2.27. The Labute approximate surface area is 160 Å². The minimum Gasteiger partial charge on any atom is -0.381 e. The topological polar surface area (TPSA) is 87.9 Å². The number of carbonyl (C=O) groups is 2. The molecule has 3 N–H and O–H groups in total. The summed E-state index contributed by atoms with van der Waals surface area (Å²) in [6, 6.07) is 7.61. The molecular weight excluding hydrogens is 344 g/mol. The summed E-state index contributed by atoms with van der Waals surface area (Å²) in [5.74, 6) is 0.212. The number of piperazine rings is 1. The van der Waals surface area contributed by atoms with Crippen LogP contribution < -0.4 is 16.0 Å². The highest BCUT2D eigenvalue weighted by molar-refractivity contribution is 5.82. The van der Waals surface area contributed by atoms with Crippen molar-refractivity contribution in [2.24, 2.45) is 11.7 Å². The number of ether oxygens (including phenoxy) is 1. The monoisotopic (exact) mass is 374 g/mol. The van der Waals surface area contributed by atoms with E-state index in [4.69, 9.17) is 10.5 Å². The first-order valence-corrected chi connectivity index (χ1v) is 9.75. The Morgan fingerprint density at radius 1 is 1.19 bits per heavy atom. The molecule has 0 saturated carbocycles. The summed E-state index contributed by atoms with van der Waals surface area (Å²) in [6.07, 6.45) is 1.68. The van der Waals surface area contributed by atoms with Crippen molar-refractivity contribution in [1.29, 1.82) is 0 Å². The second kappa shape index (κ2) is 9.19. The number of carbonyl (C=O) groups excluding carboxylic acids is 2.